The highest BCUT2D eigenvalue weighted by molar-refractivity contribution is 5.63. The normalized spacial score (nSPS) is 23.0. The van der Waals surface area contributed by atoms with Gasteiger partial charge in [0.25, 0.3) is 0 Å². The Morgan fingerprint density at radius 3 is 0.783 bits per heavy atom. The second-order valence-electron chi connectivity index (χ2n) is 42.2. The number of rotatable bonds is 0. The molecule has 0 atom stereocenters. The number of hydrogen-bond acceptors (Lipinski definition) is 0. The van der Waals surface area contributed by atoms with Crippen LogP contribution in [-0.4, -0.2) is 28.1 Å². The van der Waals surface area contributed by atoms with Crippen molar-refractivity contribution in [2.45, 2.75) is 339 Å². The first kappa shape index (κ1) is 71.2. The molecule has 12 nitrogen and oxygen atoms in total. The molecule has 0 N–H and O–H groups in total. The molecule has 0 bridgehead atoms. The molecule has 6 aromatic carbocycles. The molecule has 12 heteroatoms. The van der Waals surface area contributed by atoms with Gasteiger partial charge in [-0.05, 0) is 149 Å². The molecule has 0 saturated heterocycles. The van der Waals surface area contributed by atoms with Crippen molar-refractivity contribution in [2.75, 3.05) is 0 Å². The van der Waals surface area contributed by atoms with E-state index in [4.69, 9.17) is 0 Å². The predicted molar refractivity (Wildman–Crippen MR) is 465 cm³/mol. The minimum absolute atomic E-state index is 0.396. The lowest BCUT2D eigenvalue weighted by molar-refractivity contribution is -0.752. The van der Waals surface area contributed by atoms with Crippen LogP contribution in [0.3, 0.4) is 0 Å². The summed E-state index contributed by atoms with van der Waals surface area (Å²) in [5, 5.41) is 0. The third-order valence-electron chi connectivity index (χ3n) is 36.9. The molecule has 8 aliphatic carbocycles. The van der Waals surface area contributed by atoms with E-state index in [0.29, 0.717) is 43.3 Å². The molecule has 120 heavy (non-hydrogen) atoms. The van der Waals surface area contributed by atoms with Gasteiger partial charge in [0.2, 0.25) is 0 Å². The Labute approximate surface area is 709 Å². The maximum atomic E-state index is 2.62. The monoisotopic (exact) mass is 1590 g/mol. The molecule has 20 aliphatic rings. The van der Waals surface area contributed by atoms with Crippen LogP contribution in [0.15, 0.2) is 183 Å². The van der Waals surface area contributed by atoms with E-state index in [-0.39, 0.29) is 0 Å². The fraction of sp³-hybridized carbons (Fsp3) is 0.500. The van der Waals surface area contributed by atoms with E-state index in [2.05, 4.69) is 239 Å². The summed E-state index contributed by atoms with van der Waals surface area (Å²) in [4.78, 5) is 0. The van der Waals surface area contributed by atoms with Crippen molar-refractivity contribution in [3.8, 4) is 34.1 Å². The molecule has 8 saturated carbocycles. The van der Waals surface area contributed by atoms with Crippen LogP contribution in [0.4, 0.5) is 0 Å². The SMILES string of the molecule is c1cc2c3c(c1)C1(CCCC1)C1(CCCC1)c1cc[n+](n1-3)C2.c1cc2c3c(c1)C1(CCCC1)Cc1cc[n+](n1-3)C2.c1cc2c3c(c1)C1(CCCCC1)C1(CCCCC1)c1cc[n+](n1-3)C2.c1cc2c3c(c1)C1(CCCCC1)Cc1cc[n+](n1-3)C2.c1cc2c3c(c1)CC1(CCCC1)c1cc[n+](n1-3)C2.c1cc2c3c(c1)CC1(CCCCC1)c1cc[n+](n1-3)C2. The topological polar surface area (TPSA) is 52.9 Å². The standard InChI is InChI=1S/C22H27N2.C20H23N2.2C17H19N2.2C16H17N2/c1-3-11-21(12-4-1)18-9-7-8-17-16-23-15-10-19(24(23)20(17)18)22(21)13-5-2-6-14-22;1-2-10-19(9-1)16-7-5-6-15-14-21-13-8-17(22(21)18(15)16)20(19)11-3-4-12-20;1-2-8-17(9-3-1)11-14-7-10-18-12-13-5-4-6-15(17)16(13)19(14)18;1-2-8-17(9-3-1)11-13-5-4-6-14-12-18-10-7-15(17)19(18)16(13)14;1-2-8-16(7-1)10-13-6-9-17-11-12-4-3-5-14(16)15(12)18(13)17;1-2-8-16(7-1)10-12-4-3-5-13-11-17-9-6-14(16)18(17)15(12)13/h7-10,15H,1-6,11-14,16H2;5-8,13H,1-4,9-12,14H2;2*4-7,10H,1-3,8-9,11-12H2;2*3-6,9H,1-2,7-8,10-11H2/q6*+1. The molecule has 8 spiro atoms. The van der Waals surface area contributed by atoms with E-state index in [1.807, 2.05) is 0 Å². The van der Waals surface area contributed by atoms with Crippen molar-refractivity contribution in [3.63, 3.8) is 0 Å². The van der Waals surface area contributed by atoms with Crippen LogP contribution in [0, 0.1) is 0 Å². The average Bonchev–Trinajstić information content (AvgIpc) is 1.49. The van der Waals surface area contributed by atoms with Crippen molar-refractivity contribution in [1.82, 2.24) is 28.1 Å². The Morgan fingerprint density at radius 2 is 0.425 bits per heavy atom. The number of benzene rings is 6. The first-order valence-electron chi connectivity index (χ1n) is 48.6. The van der Waals surface area contributed by atoms with E-state index < -0.39 is 0 Å². The third kappa shape index (κ3) is 9.56. The van der Waals surface area contributed by atoms with E-state index in [1.54, 1.807) is 78.7 Å². The number of hydrogen-bond donors (Lipinski definition) is 0. The highest BCUT2D eigenvalue weighted by Crippen LogP contribution is 2.67. The highest BCUT2D eigenvalue weighted by Gasteiger charge is 2.64. The van der Waals surface area contributed by atoms with Gasteiger partial charge in [0.1, 0.15) is 34.1 Å². The number of fused-ring (bicyclic) bond motifs is 10. The lowest BCUT2D eigenvalue weighted by Gasteiger charge is -2.57. The summed E-state index contributed by atoms with van der Waals surface area (Å²) in [6, 6.07) is 56.5. The molecular formula is C108H122N12+6. The number of nitrogens with zero attached hydrogens (tertiary/aromatic N) is 12. The summed E-state index contributed by atoms with van der Waals surface area (Å²) in [5.74, 6) is 0. The van der Waals surface area contributed by atoms with Crippen LogP contribution in [0.2, 0.25) is 0 Å². The summed E-state index contributed by atoms with van der Waals surface area (Å²) in [5.41, 5.74) is 41.1. The fourth-order valence-corrected chi connectivity index (χ4v) is 32.0. The zero-order valence-electron chi connectivity index (χ0n) is 71.2. The summed E-state index contributed by atoms with van der Waals surface area (Å²) in [6.07, 6.45) is 69.4. The van der Waals surface area contributed by atoms with Crippen LogP contribution in [0.5, 0.6) is 0 Å². The Kier molecular flexibility index (Phi) is 15.5. The molecule has 8 fully saturated rings. The van der Waals surface area contributed by atoms with Gasteiger partial charge in [0.15, 0.2) is 76.4 Å². The number of aromatic nitrogens is 12. The second-order valence-corrected chi connectivity index (χ2v) is 42.2. The molecular weight excluding hydrogens is 1470 g/mol. The van der Waals surface area contributed by atoms with Crippen LogP contribution >= 0.6 is 0 Å². The first-order valence-corrected chi connectivity index (χ1v) is 48.6. The number of para-hydroxylation sites is 6. The largest absolute Gasteiger partial charge is 0.200 e. The van der Waals surface area contributed by atoms with E-state index in [0.717, 1.165) is 39.3 Å². The van der Waals surface area contributed by atoms with Crippen LogP contribution < -0.4 is 28.1 Å². The Balaban J connectivity index is 0.0000000764. The zero-order valence-corrected chi connectivity index (χ0v) is 71.2. The van der Waals surface area contributed by atoms with Crippen LogP contribution in [0.1, 0.15) is 332 Å². The fourth-order valence-electron chi connectivity index (χ4n) is 32.0. The molecule has 0 radical (unpaired) electrons. The van der Waals surface area contributed by atoms with Crippen LogP contribution in [0.25, 0.3) is 34.1 Å². The maximum absolute atomic E-state index is 2.62. The third-order valence-corrected chi connectivity index (χ3v) is 36.9. The van der Waals surface area contributed by atoms with E-state index in [9.17, 15) is 0 Å². The quantitative estimate of drug-likeness (QED) is 0.136. The Bertz CT molecular complexity index is 6210. The van der Waals surface area contributed by atoms with Crippen molar-refractivity contribution in [2.24, 2.45) is 0 Å². The molecule has 12 aromatic rings. The minimum Gasteiger partial charge on any atom is -0.124 e. The van der Waals surface area contributed by atoms with Gasteiger partial charge in [-0.2, -0.15) is 0 Å². The van der Waals surface area contributed by atoms with Gasteiger partial charge in [0.05, 0.1) is 34.2 Å². The van der Waals surface area contributed by atoms with Crippen molar-refractivity contribution < 1.29 is 28.1 Å². The lowest BCUT2D eigenvalue weighted by Crippen LogP contribution is -2.56. The molecule has 18 heterocycles. The first-order chi connectivity index (χ1) is 59.2. The molecule has 0 amide bonds. The van der Waals surface area contributed by atoms with Crippen molar-refractivity contribution in [1.29, 1.82) is 0 Å². The van der Waals surface area contributed by atoms with Gasteiger partial charge >= 0.3 is 0 Å². The molecule has 12 aliphatic heterocycles. The van der Waals surface area contributed by atoms with E-state index in [1.165, 1.54) is 313 Å². The van der Waals surface area contributed by atoms with Crippen LogP contribution in [-0.2, 0) is 108 Å². The Hall–Kier alpha value is -9.42. The minimum atomic E-state index is 0.396. The van der Waals surface area contributed by atoms with E-state index >= 15 is 0 Å². The molecule has 608 valence electrons. The summed E-state index contributed by atoms with van der Waals surface area (Å²) < 4.78 is 29.7. The summed E-state index contributed by atoms with van der Waals surface area (Å²) >= 11 is 0. The van der Waals surface area contributed by atoms with Gasteiger partial charge in [0, 0.05) is 126 Å². The highest BCUT2D eigenvalue weighted by atomic mass is 15.5. The second kappa shape index (κ2) is 26.1. The average molecular weight is 1590 g/mol. The van der Waals surface area contributed by atoms with Crippen molar-refractivity contribution in [3.05, 3.63) is 284 Å². The molecule has 0 unspecified atom stereocenters. The van der Waals surface area contributed by atoms with Gasteiger partial charge in [-0.15, -0.1) is 56.2 Å². The maximum Gasteiger partial charge on any atom is 0.200 e. The van der Waals surface area contributed by atoms with Gasteiger partial charge in [-0.1, -0.05) is 238 Å². The van der Waals surface area contributed by atoms with Gasteiger partial charge < -0.3 is 0 Å². The molecule has 32 rings (SSSR count). The molecule has 6 aromatic heterocycles. The predicted octanol–water partition coefficient (Wildman–Crippen LogP) is 19.1. The lowest BCUT2D eigenvalue weighted by atomic mass is 9.47. The summed E-state index contributed by atoms with van der Waals surface area (Å²) in [7, 11) is 0. The zero-order chi connectivity index (χ0) is 78.5. The smallest absolute Gasteiger partial charge is 0.124 e. The summed E-state index contributed by atoms with van der Waals surface area (Å²) in [6.45, 7) is 6.35. The van der Waals surface area contributed by atoms with Gasteiger partial charge in [-0.25, -0.2) is 0 Å². The van der Waals surface area contributed by atoms with Crippen molar-refractivity contribution >= 4 is 0 Å². The Morgan fingerprint density at radius 1 is 0.183 bits per heavy atom. The van der Waals surface area contributed by atoms with Gasteiger partial charge in [-0.3, -0.25) is 0 Å².